The molecule has 1 aliphatic heterocycles. The molecule has 5 nitrogen and oxygen atoms in total. The molecule has 1 heterocycles. The van der Waals surface area contributed by atoms with Gasteiger partial charge in [0.1, 0.15) is 5.71 Å². The van der Waals surface area contributed by atoms with E-state index in [-0.39, 0.29) is 6.42 Å². The molecule has 2 amide bonds. The summed E-state index contributed by atoms with van der Waals surface area (Å²) in [5.74, 6) is -0.589. The summed E-state index contributed by atoms with van der Waals surface area (Å²) in [6, 6.07) is 0. The Morgan fingerprint density at radius 1 is 1.45 bits per heavy atom. The maximum Gasteiger partial charge on any atom is 0.267 e. The highest BCUT2D eigenvalue weighted by Crippen LogP contribution is 2.45. The number of carbonyl (C=O) groups is 2. The lowest BCUT2D eigenvalue weighted by Crippen LogP contribution is -2.32. The molecule has 2 unspecified atom stereocenters. The first kappa shape index (κ1) is 14.5. The summed E-state index contributed by atoms with van der Waals surface area (Å²) in [6.45, 7) is 7.87. The number of nitrogens with two attached hydrogens (primary N) is 2. The zero-order valence-electron chi connectivity index (χ0n) is 12.0. The SMILES string of the molecule is C=C(C)C1CCC2=C(C1)C(C)(CC(N)=O)N=C2C(N)=O. The van der Waals surface area contributed by atoms with Gasteiger partial charge in [-0.25, -0.2) is 0 Å². The lowest BCUT2D eigenvalue weighted by Gasteiger charge is -2.31. The monoisotopic (exact) mass is 275 g/mol. The lowest BCUT2D eigenvalue weighted by molar-refractivity contribution is -0.118. The van der Waals surface area contributed by atoms with E-state index in [1.54, 1.807) is 0 Å². The average Bonchev–Trinajstić information content (AvgIpc) is 2.61. The van der Waals surface area contributed by atoms with Crippen molar-refractivity contribution in [1.82, 2.24) is 0 Å². The molecule has 0 saturated heterocycles. The van der Waals surface area contributed by atoms with Crippen LogP contribution in [0.2, 0.25) is 0 Å². The van der Waals surface area contributed by atoms with E-state index in [9.17, 15) is 9.59 Å². The van der Waals surface area contributed by atoms with Crippen LogP contribution in [0.3, 0.4) is 0 Å². The third kappa shape index (κ3) is 2.40. The van der Waals surface area contributed by atoms with Crippen LogP contribution in [0.5, 0.6) is 0 Å². The van der Waals surface area contributed by atoms with Gasteiger partial charge in [0.15, 0.2) is 0 Å². The minimum absolute atomic E-state index is 0.103. The number of hydrogen-bond acceptors (Lipinski definition) is 3. The Kier molecular flexibility index (Phi) is 3.54. The van der Waals surface area contributed by atoms with E-state index in [1.807, 2.05) is 13.8 Å². The molecule has 108 valence electrons. The van der Waals surface area contributed by atoms with Gasteiger partial charge in [0, 0.05) is 0 Å². The molecule has 0 fully saturated rings. The predicted octanol–water partition coefficient (Wildman–Crippen LogP) is 1.23. The highest BCUT2D eigenvalue weighted by molar-refractivity contribution is 6.46. The average molecular weight is 275 g/mol. The van der Waals surface area contributed by atoms with Crippen LogP contribution in [0.4, 0.5) is 0 Å². The van der Waals surface area contributed by atoms with Gasteiger partial charge in [0.25, 0.3) is 5.91 Å². The number of aliphatic imine (C=N–C) groups is 1. The van der Waals surface area contributed by atoms with E-state index in [2.05, 4.69) is 11.6 Å². The summed E-state index contributed by atoms with van der Waals surface area (Å²) in [7, 11) is 0. The van der Waals surface area contributed by atoms with Crippen molar-refractivity contribution in [2.24, 2.45) is 22.4 Å². The molecule has 5 heteroatoms. The number of primary amides is 2. The molecule has 0 bridgehead atoms. The molecule has 0 saturated carbocycles. The molecule has 2 rings (SSSR count). The van der Waals surface area contributed by atoms with E-state index in [1.165, 1.54) is 0 Å². The second kappa shape index (κ2) is 4.89. The van der Waals surface area contributed by atoms with Crippen molar-refractivity contribution < 1.29 is 9.59 Å². The van der Waals surface area contributed by atoms with Gasteiger partial charge in [-0.15, -0.1) is 0 Å². The summed E-state index contributed by atoms with van der Waals surface area (Å²) in [5.41, 5.74) is 13.4. The Balaban J connectivity index is 2.43. The molecule has 0 aromatic heterocycles. The van der Waals surface area contributed by atoms with E-state index in [4.69, 9.17) is 11.5 Å². The third-order valence-electron chi connectivity index (χ3n) is 4.30. The number of carbonyl (C=O) groups excluding carboxylic acids is 2. The van der Waals surface area contributed by atoms with Crippen LogP contribution in [0.25, 0.3) is 0 Å². The maximum atomic E-state index is 11.6. The van der Waals surface area contributed by atoms with Gasteiger partial charge in [-0.3, -0.25) is 14.6 Å². The smallest absolute Gasteiger partial charge is 0.267 e. The summed E-state index contributed by atoms with van der Waals surface area (Å²) in [4.78, 5) is 27.3. The highest BCUT2D eigenvalue weighted by Gasteiger charge is 2.43. The first-order valence-electron chi connectivity index (χ1n) is 6.81. The minimum atomic E-state index is -0.723. The predicted molar refractivity (Wildman–Crippen MR) is 78.0 cm³/mol. The van der Waals surface area contributed by atoms with Crippen LogP contribution in [-0.2, 0) is 9.59 Å². The van der Waals surface area contributed by atoms with Crippen LogP contribution in [-0.4, -0.2) is 23.1 Å². The van der Waals surface area contributed by atoms with E-state index < -0.39 is 17.4 Å². The van der Waals surface area contributed by atoms with Crippen molar-refractivity contribution in [3.8, 4) is 0 Å². The molecule has 2 atom stereocenters. The number of hydrogen-bond donors (Lipinski definition) is 2. The van der Waals surface area contributed by atoms with Crippen molar-refractivity contribution in [3.05, 3.63) is 23.3 Å². The second-order valence-electron chi connectivity index (χ2n) is 5.98. The van der Waals surface area contributed by atoms with E-state index in [0.717, 1.165) is 36.0 Å². The van der Waals surface area contributed by atoms with Gasteiger partial charge in [0.2, 0.25) is 5.91 Å². The first-order valence-corrected chi connectivity index (χ1v) is 6.81. The molecule has 0 spiro atoms. The largest absolute Gasteiger partial charge is 0.370 e. The molecule has 1 aliphatic carbocycles. The topological polar surface area (TPSA) is 98.5 Å². The van der Waals surface area contributed by atoms with Gasteiger partial charge >= 0.3 is 0 Å². The summed E-state index contributed by atoms with van der Waals surface area (Å²) >= 11 is 0. The minimum Gasteiger partial charge on any atom is -0.370 e. The molecule has 0 aromatic rings. The number of rotatable bonds is 4. The van der Waals surface area contributed by atoms with Gasteiger partial charge in [-0.05, 0) is 50.2 Å². The van der Waals surface area contributed by atoms with Crippen LogP contribution >= 0.6 is 0 Å². The summed E-state index contributed by atoms with van der Waals surface area (Å²) < 4.78 is 0. The maximum absolute atomic E-state index is 11.6. The summed E-state index contributed by atoms with van der Waals surface area (Å²) in [5, 5.41) is 0. The Hall–Kier alpha value is -1.91. The van der Waals surface area contributed by atoms with Crippen molar-refractivity contribution in [2.45, 2.75) is 45.1 Å². The Morgan fingerprint density at radius 3 is 2.60 bits per heavy atom. The van der Waals surface area contributed by atoms with Crippen molar-refractivity contribution in [1.29, 1.82) is 0 Å². The van der Waals surface area contributed by atoms with Gasteiger partial charge < -0.3 is 11.5 Å². The van der Waals surface area contributed by atoms with Gasteiger partial charge in [-0.1, -0.05) is 12.2 Å². The van der Waals surface area contributed by atoms with Crippen LogP contribution in [0.15, 0.2) is 28.3 Å². The van der Waals surface area contributed by atoms with Crippen molar-refractivity contribution >= 4 is 17.5 Å². The molecule has 0 aromatic carbocycles. The fourth-order valence-corrected chi connectivity index (χ4v) is 3.24. The van der Waals surface area contributed by atoms with E-state index >= 15 is 0 Å². The molecular weight excluding hydrogens is 254 g/mol. The van der Waals surface area contributed by atoms with Crippen molar-refractivity contribution in [2.75, 3.05) is 0 Å². The molecular formula is C15H21N3O2. The van der Waals surface area contributed by atoms with Crippen LogP contribution in [0, 0.1) is 5.92 Å². The highest BCUT2D eigenvalue weighted by atomic mass is 16.1. The summed E-state index contributed by atoms with van der Waals surface area (Å²) in [6.07, 6.45) is 2.57. The third-order valence-corrected chi connectivity index (χ3v) is 4.30. The van der Waals surface area contributed by atoms with Gasteiger partial charge in [0.05, 0.1) is 12.0 Å². The second-order valence-corrected chi connectivity index (χ2v) is 5.98. The number of allylic oxidation sites excluding steroid dienone is 1. The quantitative estimate of drug-likeness (QED) is 0.754. The molecule has 0 radical (unpaired) electrons. The normalized spacial score (nSPS) is 28.9. The first-order chi connectivity index (χ1) is 9.24. The Morgan fingerprint density at radius 2 is 2.10 bits per heavy atom. The van der Waals surface area contributed by atoms with Gasteiger partial charge in [-0.2, -0.15) is 0 Å². The number of nitrogens with zero attached hydrogens (tertiary/aromatic N) is 1. The standard InChI is InChI=1S/C15H21N3O2/c1-8(2)9-4-5-10-11(6-9)15(3,7-12(16)19)18-13(10)14(17)20/h9H,1,4-7H2,2-3H3,(H2,16,19)(H2,17,20). The van der Waals surface area contributed by atoms with E-state index in [0.29, 0.717) is 11.6 Å². The zero-order valence-corrected chi connectivity index (χ0v) is 12.0. The Labute approximate surface area is 118 Å². The molecule has 20 heavy (non-hydrogen) atoms. The van der Waals surface area contributed by atoms with Crippen LogP contribution < -0.4 is 11.5 Å². The Bertz CT molecular complexity index is 559. The molecule has 4 N–H and O–H groups in total. The lowest BCUT2D eigenvalue weighted by atomic mass is 9.74. The fourth-order valence-electron chi connectivity index (χ4n) is 3.24. The fraction of sp³-hybridized carbons (Fsp3) is 0.533. The van der Waals surface area contributed by atoms with Crippen molar-refractivity contribution in [3.63, 3.8) is 0 Å². The van der Waals surface area contributed by atoms with Crippen LogP contribution in [0.1, 0.15) is 39.5 Å². The molecule has 2 aliphatic rings. The number of amides is 2. The zero-order chi connectivity index (χ0) is 15.1.